The number of furan rings is 1. The van der Waals surface area contributed by atoms with Crippen molar-refractivity contribution in [3.63, 3.8) is 0 Å². The highest BCUT2D eigenvalue weighted by atomic mass is 16.6. The molecule has 0 spiro atoms. The van der Waals surface area contributed by atoms with Crippen LogP contribution in [0, 0.1) is 6.92 Å². The molecule has 2 N–H and O–H groups in total. The van der Waals surface area contributed by atoms with Gasteiger partial charge in [0.25, 0.3) is 5.56 Å². The molecule has 0 aliphatic heterocycles. The minimum absolute atomic E-state index is 0.0838. The highest BCUT2D eigenvalue weighted by molar-refractivity contribution is 5.69. The van der Waals surface area contributed by atoms with Crippen LogP contribution in [0.4, 0.5) is 4.79 Å². The Balaban J connectivity index is 1.67. The smallest absolute Gasteiger partial charge is 0.414 e. The van der Waals surface area contributed by atoms with E-state index >= 15 is 0 Å². The molecule has 7 nitrogen and oxygen atoms in total. The number of pyridine rings is 2. The Kier molecular flexibility index (Phi) is 5.17. The minimum Gasteiger partial charge on any atom is -0.459 e. The van der Waals surface area contributed by atoms with Gasteiger partial charge in [-0.05, 0) is 37.6 Å². The van der Waals surface area contributed by atoms with Crippen molar-refractivity contribution in [3.05, 3.63) is 70.0 Å². The predicted molar refractivity (Wildman–Crippen MR) is 96.0 cm³/mol. The van der Waals surface area contributed by atoms with Gasteiger partial charge in [0.05, 0.1) is 6.54 Å². The Morgan fingerprint density at radius 1 is 1.31 bits per heavy atom. The summed E-state index contributed by atoms with van der Waals surface area (Å²) in [6.45, 7) is 3.92. The summed E-state index contributed by atoms with van der Waals surface area (Å²) in [5, 5.41) is 2.61. The van der Waals surface area contributed by atoms with Crippen molar-refractivity contribution >= 4 is 6.09 Å². The van der Waals surface area contributed by atoms with Crippen molar-refractivity contribution in [3.8, 4) is 17.2 Å². The number of nitrogens with one attached hydrogen (secondary N) is 2. The van der Waals surface area contributed by atoms with Crippen molar-refractivity contribution in [2.24, 2.45) is 0 Å². The first-order valence-corrected chi connectivity index (χ1v) is 8.25. The number of aryl methyl sites for hydroxylation is 2. The molecule has 0 radical (unpaired) electrons. The molecule has 134 valence electrons. The van der Waals surface area contributed by atoms with E-state index in [1.165, 1.54) is 0 Å². The fourth-order valence-corrected chi connectivity index (χ4v) is 2.50. The molecule has 0 atom stereocenters. The molecule has 0 saturated heterocycles. The molecule has 0 aromatic carbocycles. The summed E-state index contributed by atoms with van der Waals surface area (Å²) in [5.41, 5.74) is 2.17. The van der Waals surface area contributed by atoms with Crippen molar-refractivity contribution < 1.29 is 13.9 Å². The van der Waals surface area contributed by atoms with Gasteiger partial charge in [0.2, 0.25) is 5.88 Å². The van der Waals surface area contributed by atoms with Gasteiger partial charge < -0.3 is 19.5 Å². The SMILES string of the molecule is CCc1cc(-c2ccc(CNC(=O)Oc3ccccn3)o2)c(C)[nH]c1=O. The average molecular weight is 353 g/mol. The molecule has 0 fully saturated rings. The van der Waals surface area contributed by atoms with E-state index in [1.807, 2.05) is 19.9 Å². The Morgan fingerprint density at radius 3 is 2.88 bits per heavy atom. The summed E-state index contributed by atoms with van der Waals surface area (Å²) in [6, 6.07) is 10.5. The van der Waals surface area contributed by atoms with E-state index in [0.29, 0.717) is 23.5 Å². The summed E-state index contributed by atoms with van der Waals surface area (Å²) in [5.74, 6) is 1.42. The second-order valence-electron chi connectivity index (χ2n) is 5.69. The molecule has 0 aliphatic rings. The maximum Gasteiger partial charge on any atom is 0.414 e. The fraction of sp³-hybridized carbons (Fsp3) is 0.211. The van der Waals surface area contributed by atoms with Crippen LogP contribution in [0.25, 0.3) is 11.3 Å². The first kappa shape index (κ1) is 17.5. The summed E-state index contributed by atoms with van der Waals surface area (Å²) < 4.78 is 10.8. The molecule has 0 unspecified atom stereocenters. The lowest BCUT2D eigenvalue weighted by Crippen LogP contribution is -2.26. The van der Waals surface area contributed by atoms with Crippen LogP contribution in [0.15, 0.2) is 51.8 Å². The normalized spacial score (nSPS) is 10.5. The first-order valence-electron chi connectivity index (χ1n) is 8.25. The quantitative estimate of drug-likeness (QED) is 0.734. The predicted octanol–water partition coefficient (Wildman–Crippen LogP) is 3.19. The molecule has 3 rings (SSSR count). The molecule has 1 amide bonds. The Bertz CT molecular complexity index is 960. The summed E-state index contributed by atoms with van der Waals surface area (Å²) in [7, 11) is 0. The molecular formula is C19H19N3O4. The van der Waals surface area contributed by atoms with E-state index < -0.39 is 6.09 Å². The van der Waals surface area contributed by atoms with Gasteiger partial charge in [0.15, 0.2) is 0 Å². The number of ether oxygens (including phenoxy) is 1. The second kappa shape index (κ2) is 7.69. The molecule has 3 aromatic rings. The standard InChI is InChI=1S/C19H19N3O4/c1-3-13-10-15(12(2)22-18(13)23)16-8-7-14(25-16)11-21-19(24)26-17-6-4-5-9-20-17/h4-10H,3,11H2,1-2H3,(H,21,24)(H,22,23). The van der Waals surface area contributed by atoms with Gasteiger partial charge in [-0.15, -0.1) is 0 Å². The van der Waals surface area contributed by atoms with Crippen molar-refractivity contribution in [1.29, 1.82) is 0 Å². The number of nitrogens with zero attached hydrogens (tertiary/aromatic N) is 1. The third-order valence-electron chi connectivity index (χ3n) is 3.87. The van der Waals surface area contributed by atoms with Crippen LogP contribution in [0.5, 0.6) is 5.88 Å². The number of aromatic amines is 1. The third-order valence-corrected chi connectivity index (χ3v) is 3.87. The van der Waals surface area contributed by atoms with Gasteiger partial charge in [-0.25, -0.2) is 9.78 Å². The highest BCUT2D eigenvalue weighted by Crippen LogP contribution is 2.24. The number of carbonyl (C=O) groups excluding carboxylic acids is 1. The molecule has 26 heavy (non-hydrogen) atoms. The topological polar surface area (TPSA) is 97.2 Å². The number of carbonyl (C=O) groups is 1. The van der Waals surface area contributed by atoms with Crippen LogP contribution in [-0.4, -0.2) is 16.1 Å². The van der Waals surface area contributed by atoms with Gasteiger partial charge in [0.1, 0.15) is 11.5 Å². The molecule has 3 aromatic heterocycles. The maximum absolute atomic E-state index is 11.8. The molecule has 0 saturated carbocycles. The van der Waals surface area contributed by atoms with Crippen LogP contribution in [0.1, 0.15) is 23.9 Å². The van der Waals surface area contributed by atoms with Gasteiger partial charge in [0, 0.05) is 29.1 Å². The zero-order chi connectivity index (χ0) is 18.5. The highest BCUT2D eigenvalue weighted by Gasteiger charge is 2.12. The minimum atomic E-state index is -0.616. The van der Waals surface area contributed by atoms with E-state index in [-0.39, 0.29) is 18.0 Å². The molecule has 0 bridgehead atoms. The summed E-state index contributed by atoms with van der Waals surface area (Å²) in [6.07, 6.45) is 1.56. The number of rotatable bonds is 5. The monoisotopic (exact) mass is 353 g/mol. The van der Waals surface area contributed by atoms with E-state index in [9.17, 15) is 9.59 Å². The lowest BCUT2D eigenvalue weighted by molar-refractivity contribution is 0.197. The average Bonchev–Trinajstić information content (AvgIpc) is 3.10. The Labute approximate surface area is 150 Å². The van der Waals surface area contributed by atoms with Gasteiger partial charge in [-0.3, -0.25) is 4.79 Å². The fourth-order valence-electron chi connectivity index (χ4n) is 2.50. The number of amides is 1. The van der Waals surface area contributed by atoms with Gasteiger partial charge >= 0.3 is 6.09 Å². The van der Waals surface area contributed by atoms with Crippen molar-refractivity contribution in [2.45, 2.75) is 26.8 Å². The Hall–Kier alpha value is -3.35. The Morgan fingerprint density at radius 2 is 2.15 bits per heavy atom. The molecule has 7 heteroatoms. The lowest BCUT2D eigenvalue weighted by Gasteiger charge is -2.06. The summed E-state index contributed by atoms with van der Waals surface area (Å²) in [4.78, 5) is 30.4. The maximum atomic E-state index is 11.8. The largest absolute Gasteiger partial charge is 0.459 e. The number of H-pyrrole nitrogens is 1. The van der Waals surface area contributed by atoms with Crippen LogP contribution in [-0.2, 0) is 13.0 Å². The van der Waals surface area contributed by atoms with Crippen molar-refractivity contribution in [2.75, 3.05) is 0 Å². The van der Waals surface area contributed by atoms with Crippen LogP contribution in [0.2, 0.25) is 0 Å². The lowest BCUT2D eigenvalue weighted by atomic mass is 10.1. The zero-order valence-electron chi connectivity index (χ0n) is 14.5. The van der Waals surface area contributed by atoms with Gasteiger partial charge in [-0.1, -0.05) is 13.0 Å². The molecule has 3 heterocycles. The zero-order valence-corrected chi connectivity index (χ0v) is 14.5. The number of hydrogen-bond donors (Lipinski definition) is 2. The van der Waals surface area contributed by atoms with Crippen LogP contribution >= 0.6 is 0 Å². The second-order valence-corrected chi connectivity index (χ2v) is 5.69. The number of aromatic nitrogens is 2. The van der Waals surface area contributed by atoms with E-state index in [2.05, 4.69) is 15.3 Å². The van der Waals surface area contributed by atoms with E-state index in [0.717, 1.165) is 11.3 Å². The molecule has 0 aliphatic carbocycles. The molecular weight excluding hydrogens is 334 g/mol. The van der Waals surface area contributed by atoms with E-state index in [4.69, 9.17) is 9.15 Å². The summed E-state index contributed by atoms with van der Waals surface area (Å²) >= 11 is 0. The van der Waals surface area contributed by atoms with Gasteiger partial charge in [-0.2, -0.15) is 0 Å². The van der Waals surface area contributed by atoms with Crippen molar-refractivity contribution in [1.82, 2.24) is 15.3 Å². The first-order chi connectivity index (χ1) is 12.6. The van der Waals surface area contributed by atoms with Crippen LogP contribution in [0.3, 0.4) is 0 Å². The number of hydrogen-bond acceptors (Lipinski definition) is 5. The van der Waals surface area contributed by atoms with E-state index in [1.54, 1.807) is 36.5 Å². The third kappa shape index (κ3) is 4.00. The van der Waals surface area contributed by atoms with Crippen LogP contribution < -0.4 is 15.6 Å².